The SMILES string of the molecule is C[C@H]1OCC[C@@H]1NC(=O)c1c(O)cccc1F. The van der Waals surface area contributed by atoms with E-state index in [2.05, 4.69) is 5.32 Å². The Bertz CT molecular complexity index is 416. The summed E-state index contributed by atoms with van der Waals surface area (Å²) >= 11 is 0. The summed E-state index contributed by atoms with van der Waals surface area (Å²) in [7, 11) is 0. The van der Waals surface area contributed by atoms with E-state index in [1.165, 1.54) is 12.1 Å². The number of hydrogen-bond acceptors (Lipinski definition) is 3. The monoisotopic (exact) mass is 239 g/mol. The lowest BCUT2D eigenvalue weighted by Gasteiger charge is -2.16. The fourth-order valence-electron chi connectivity index (χ4n) is 1.90. The molecular formula is C12H14FNO3. The zero-order valence-electron chi connectivity index (χ0n) is 9.44. The molecule has 2 atom stereocenters. The van der Waals surface area contributed by atoms with Gasteiger partial charge in [-0.15, -0.1) is 0 Å². The molecule has 0 unspecified atom stereocenters. The quantitative estimate of drug-likeness (QED) is 0.821. The molecule has 0 aliphatic carbocycles. The van der Waals surface area contributed by atoms with E-state index in [1.807, 2.05) is 6.92 Å². The van der Waals surface area contributed by atoms with Crippen LogP contribution < -0.4 is 5.32 Å². The van der Waals surface area contributed by atoms with Crippen LogP contribution in [-0.4, -0.2) is 29.8 Å². The summed E-state index contributed by atoms with van der Waals surface area (Å²) in [4.78, 5) is 11.8. The van der Waals surface area contributed by atoms with Crippen molar-refractivity contribution in [1.29, 1.82) is 0 Å². The highest BCUT2D eigenvalue weighted by molar-refractivity contribution is 5.97. The van der Waals surface area contributed by atoms with Crippen LogP contribution in [0, 0.1) is 5.82 Å². The fourth-order valence-corrected chi connectivity index (χ4v) is 1.90. The third kappa shape index (κ3) is 2.39. The Labute approximate surface area is 98.4 Å². The van der Waals surface area contributed by atoms with Crippen LogP contribution in [0.3, 0.4) is 0 Å². The molecule has 17 heavy (non-hydrogen) atoms. The summed E-state index contributed by atoms with van der Waals surface area (Å²) in [5, 5.41) is 12.1. The van der Waals surface area contributed by atoms with Crippen molar-refractivity contribution in [3.63, 3.8) is 0 Å². The number of aromatic hydroxyl groups is 1. The van der Waals surface area contributed by atoms with Gasteiger partial charge in [0.15, 0.2) is 0 Å². The summed E-state index contributed by atoms with van der Waals surface area (Å²) in [6.07, 6.45) is 0.607. The highest BCUT2D eigenvalue weighted by Crippen LogP contribution is 2.21. The van der Waals surface area contributed by atoms with Gasteiger partial charge in [-0.25, -0.2) is 4.39 Å². The van der Waals surface area contributed by atoms with Gasteiger partial charge in [-0.1, -0.05) is 6.07 Å². The smallest absolute Gasteiger partial charge is 0.258 e. The molecule has 1 aliphatic rings. The summed E-state index contributed by atoms with van der Waals surface area (Å²) in [6.45, 7) is 2.43. The number of carbonyl (C=O) groups excluding carboxylic acids is 1. The Morgan fingerprint density at radius 1 is 1.59 bits per heavy atom. The Kier molecular flexibility index (Phi) is 3.28. The molecule has 0 spiro atoms. The molecule has 1 aromatic rings. The number of phenols is 1. The van der Waals surface area contributed by atoms with Gasteiger partial charge in [0, 0.05) is 6.61 Å². The second kappa shape index (κ2) is 4.71. The van der Waals surface area contributed by atoms with Gasteiger partial charge in [-0.2, -0.15) is 0 Å². The van der Waals surface area contributed by atoms with Crippen molar-refractivity contribution in [2.45, 2.75) is 25.5 Å². The zero-order chi connectivity index (χ0) is 12.4. The average molecular weight is 239 g/mol. The van der Waals surface area contributed by atoms with E-state index >= 15 is 0 Å². The van der Waals surface area contributed by atoms with Crippen molar-refractivity contribution in [3.8, 4) is 5.75 Å². The Balaban J connectivity index is 2.14. The predicted molar refractivity (Wildman–Crippen MR) is 59.4 cm³/mol. The first-order chi connectivity index (χ1) is 8.09. The van der Waals surface area contributed by atoms with Crippen molar-refractivity contribution >= 4 is 5.91 Å². The molecule has 1 amide bonds. The molecule has 0 bridgehead atoms. The lowest BCUT2D eigenvalue weighted by atomic mass is 10.1. The maximum Gasteiger partial charge on any atom is 0.258 e. The molecule has 0 radical (unpaired) electrons. The lowest BCUT2D eigenvalue weighted by Crippen LogP contribution is -2.39. The first-order valence-corrected chi connectivity index (χ1v) is 5.49. The van der Waals surface area contributed by atoms with Gasteiger partial charge < -0.3 is 15.2 Å². The average Bonchev–Trinajstić information content (AvgIpc) is 2.64. The lowest BCUT2D eigenvalue weighted by molar-refractivity contribution is 0.0860. The molecular weight excluding hydrogens is 225 g/mol. The molecule has 5 heteroatoms. The molecule has 2 N–H and O–H groups in total. The van der Waals surface area contributed by atoms with Crippen molar-refractivity contribution in [2.24, 2.45) is 0 Å². The number of amides is 1. The molecule has 1 aromatic carbocycles. The van der Waals surface area contributed by atoms with Gasteiger partial charge >= 0.3 is 0 Å². The largest absolute Gasteiger partial charge is 0.507 e. The maximum absolute atomic E-state index is 13.4. The van der Waals surface area contributed by atoms with Gasteiger partial charge in [0.05, 0.1) is 12.1 Å². The number of ether oxygens (including phenoxy) is 1. The van der Waals surface area contributed by atoms with Crippen molar-refractivity contribution in [1.82, 2.24) is 5.32 Å². The number of benzene rings is 1. The normalized spacial score (nSPS) is 23.6. The van der Waals surface area contributed by atoms with E-state index in [0.717, 1.165) is 6.07 Å². The van der Waals surface area contributed by atoms with E-state index in [-0.39, 0.29) is 23.5 Å². The van der Waals surface area contributed by atoms with Crippen LogP contribution in [-0.2, 0) is 4.74 Å². The Hall–Kier alpha value is -1.62. The fraction of sp³-hybridized carbons (Fsp3) is 0.417. The molecule has 1 saturated heterocycles. The second-order valence-corrected chi connectivity index (χ2v) is 4.08. The van der Waals surface area contributed by atoms with E-state index in [0.29, 0.717) is 13.0 Å². The zero-order valence-corrected chi connectivity index (χ0v) is 9.44. The number of rotatable bonds is 2. The number of carbonyl (C=O) groups is 1. The maximum atomic E-state index is 13.4. The van der Waals surface area contributed by atoms with E-state index in [1.54, 1.807) is 0 Å². The molecule has 1 aliphatic heterocycles. The summed E-state index contributed by atoms with van der Waals surface area (Å²) in [6, 6.07) is 3.64. The molecule has 0 saturated carbocycles. The van der Waals surface area contributed by atoms with Crippen LogP contribution in [0.25, 0.3) is 0 Å². The number of phenolic OH excluding ortho intramolecular Hbond substituents is 1. The van der Waals surface area contributed by atoms with E-state index in [9.17, 15) is 14.3 Å². The van der Waals surface area contributed by atoms with Gasteiger partial charge in [0.1, 0.15) is 17.1 Å². The van der Waals surface area contributed by atoms with Crippen LogP contribution in [0.15, 0.2) is 18.2 Å². The molecule has 0 aromatic heterocycles. The van der Waals surface area contributed by atoms with Crippen LogP contribution >= 0.6 is 0 Å². The van der Waals surface area contributed by atoms with Crippen molar-refractivity contribution in [2.75, 3.05) is 6.61 Å². The van der Waals surface area contributed by atoms with Gasteiger partial charge in [0.25, 0.3) is 5.91 Å². The molecule has 2 rings (SSSR count). The van der Waals surface area contributed by atoms with Crippen molar-refractivity contribution < 1.29 is 19.0 Å². The predicted octanol–water partition coefficient (Wildman–Crippen LogP) is 1.44. The Morgan fingerprint density at radius 2 is 2.35 bits per heavy atom. The highest BCUT2D eigenvalue weighted by Gasteiger charge is 2.27. The van der Waals surface area contributed by atoms with E-state index in [4.69, 9.17) is 4.74 Å². The minimum atomic E-state index is -0.728. The minimum absolute atomic E-state index is 0.0899. The van der Waals surface area contributed by atoms with Gasteiger partial charge in [0.2, 0.25) is 0 Å². The molecule has 92 valence electrons. The summed E-state index contributed by atoms with van der Waals surface area (Å²) in [5.41, 5.74) is -0.313. The number of hydrogen-bond donors (Lipinski definition) is 2. The second-order valence-electron chi connectivity index (χ2n) is 4.08. The minimum Gasteiger partial charge on any atom is -0.507 e. The summed E-state index contributed by atoms with van der Waals surface area (Å²) in [5.74, 6) is -1.69. The number of nitrogens with one attached hydrogen (secondary N) is 1. The van der Waals surface area contributed by atoms with Crippen molar-refractivity contribution in [3.05, 3.63) is 29.6 Å². The third-order valence-electron chi connectivity index (χ3n) is 2.91. The highest BCUT2D eigenvalue weighted by atomic mass is 19.1. The van der Waals surface area contributed by atoms with E-state index < -0.39 is 11.7 Å². The summed E-state index contributed by atoms with van der Waals surface area (Å²) < 4.78 is 18.7. The molecule has 4 nitrogen and oxygen atoms in total. The van der Waals surface area contributed by atoms with Crippen LogP contribution in [0.2, 0.25) is 0 Å². The van der Waals surface area contributed by atoms with Crippen LogP contribution in [0.5, 0.6) is 5.75 Å². The Morgan fingerprint density at radius 3 is 2.94 bits per heavy atom. The van der Waals surface area contributed by atoms with Crippen LogP contribution in [0.4, 0.5) is 4.39 Å². The third-order valence-corrected chi connectivity index (χ3v) is 2.91. The topological polar surface area (TPSA) is 58.6 Å². The van der Waals surface area contributed by atoms with Gasteiger partial charge in [-0.3, -0.25) is 4.79 Å². The number of halogens is 1. The standard InChI is InChI=1S/C12H14FNO3/c1-7-9(5-6-17-7)14-12(16)11-8(13)3-2-4-10(11)15/h2-4,7,9,15H,5-6H2,1H3,(H,14,16)/t7-,9+/m1/s1. The van der Waals surface area contributed by atoms with Gasteiger partial charge in [-0.05, 0) is 25.5 Å². The molecule has 1 fully saturated rings. The first kappa shape index (κ1) is 11.9. The molecule has 1 heterocycles. The van der Waals surface area contributed by atoms with Crippen LogP contribution in [0.1, 0.15) is 23.7 Å². The first-order valence-electron chi connectivity index (χ1n) is 5.49.